The molecule has 0 bridgehead atoms. The molecular formula is C16H17N7O. The van der Waals surface area contributed by atoms with Crippen LogP contribution in [0.25, 0.3) is 16.8 Å². The van der Waals surface area contributed by atoms with Crippen LogP contribution in [0.1, 0.15) is 43.8 Å². The minimum Gasteiger partial charge on any atom is -0.352 e. The Morgan fingerprint density at radius 1 is 1.38 bits per heavy atom. The molecule has 0 aromatic carbocycles. The summed E-state index contributed by atoms with van der Waals surface area (Å²) in [7, 11) is 0. The van der Waals surface area contributed by atoms with Crippen molar-refractivity contribution < 1.29 is 4.79 Å². The molecule has 3 heterocycles. The lowest BCUT2D eigenvalue weighted by Gasteiger charge is -2.28. The summed E-state index contributed by atoms with van der Waals surface area (Å²) in [6.07, 6.45) is 7.16. The predicted octanol–water partition coefficient (Wildman–Crippen LogP) is 1.66. The molecular weight excluding hydrogens is 306 g/mol. The van der Waals surface area contributed by atoms with Crippen molar-refractivity contribution in [2.45, 2.75) is 44.1 Å². The van der Waals surface area contributed by atoms with E-state index in [2.05, 4.69) is 29.9 Å². The molecule has 1 saturated carbocycles. The summed E-state index contributed by atoms with van der Waals surface area (Å²) in [5.74, 6) is 1.08. The van der Waals surface area contributed by atoms with Crippen molar-refractivity contribution in [1.29, 1.82) is 5.26 Å². The smallest absolute Gasteiger partial charge is 0.234 e. The van der Waals surface area contributed by atoms with Crippen LogP contribution in [0.5, 0.6) is 0 Å². The van der Waals surface area contributed by atoms with Gasteiger partial charge in [-0.15, -0.1) is 10.2 Å². The summed E-state index contributed by atoms with van der Waals surface area (Å²) in [5.41, 5.74) is 2.56. The number of nitrogens with zero attached hydrogens (tertiary/aromatic N) is 5. The molecule has 0 spiro atoms. The predicted molar refractivity (Wildman–Crippen MR) is 86.0 cm³/mol. The highest BCUT2D eigenvalue weighted by Crippen LogP contribution is 2.33. The number of rotatable bonds is 3. The molecule has 24 heavy (non-hydrogen) atoms. The van der Waals surface area contributed by atoms with E-state index in [0.29, 0.717) is 5.92 Å². The molecule has 3 aromatic heterocycles. The van der Waals surface area contributed by atoms with Crippen molar-refractivity contribution in [2.75, 3.05) is 0 Å². The SMILES string of the molecule is N#CCC(=O)NC1CCC(c2nnc3cnc4[nH]ccc4n23)CC1. The Balaban J connectivity index is 1.54. The van der Waals surface area contributed by atoms with Gasteiger partial charge in [0.2, 0.25) is 5.91 Å². The summed E-state index contributed by atoms with van der Waals surface area (Å²) in [5, 5.41) is 20.1. The number of carbonyl (C=O) groups is 1. The fraction of sp³-hybridized carbons (Fsp3) is 0.438. The van der Waals surface area contributed by atoms with Gasteiger partial charge in [0.05, 0.1) is 17.8 Å². The van der Waals surface area contributed by atoms with Gasteiger partial charge in [0.25, 0.3) is 0 Å². The molecule has 0 saturated heterocycles. The first-order chi connectivity index (χ1) is 11.8. The average Bonchev–Trinajstić information content (AvgIpc) is 3.21. The summed E-state index contributed by atoms with van der Waals surface area (Å²) < 4.78 is 2.07. The van der Waals surface area contributed by atoms with Crippen LogP contribution in [0.4, 0.5) is 0 Å². The quantitative estimate of drug-likeness (QED) is 0.761. The normalized spacial score (nSPS) is 21.0. The number of nitriles is 1. The summed E-state index contributed by atoms with van der Waals surface area (Å²) in [6, 6.07) is 4.01. The summed E-state index contributed by atoms with van der Waals surface area (Å²) in [4.78, 5) is 19.0. The molecule has 1 fully saturated rings. The third-order valence-corrected chi connectivity index (χ3v) is 4.66. The summed E-state index contributed by atoms with van der Waals surface area (Å²) in [6.45, 7) is 0. The zero-order valence-electron chi connectivity index (χ0n) is 13.1. The Morgan fingerprint density at radius 2 is 2.21 bits per heavy atom. The van der Waals surface area contributed by atoms with Gasteiger partial charge in [-0.3, -0.25) is 9.20 Å². The lowest BCUT2D eigenvalue weighted by Crippen LogP contribution is -2.37. The van der Waals surface area contributed by atoms with E-state index in [1.807, 2.05) is 18.3 Å². The van der Waals surface area contributed by atoms with Crippen LogP contribution in [0.2, 0.25) is 0 Å². The zero-order chi connectivity index (χ0) is 16.5. The number of aromatic amines is 1. The first-order valence-corrected chi connectivity index (χ1v) is 8.09. The number of fused-ring (bicyclic) bond motifs is 3. The van der Waals surface area contributed by atoms with Crippen LogP contribution in [-0.2, 0) is 4.79 Å². The number of hydrogen-bond acceptors (Lipinski definition) is 5. The molecule has 0 aliphatic heterocycles. The van der Waals surface area contributed by atoms with Crippen LogP contribution in [0, 0.1) is 11.3 Å². The van der Waals surface area contributed by atoms with Crippen molar-refractivity contribution in [1.82, 2.24) is 29.9 Å². The fourth-order valence-corrected chi connectivity index (χ4v) is 3.51. The number of nitrogens with one attached hydrogen (secondary N) is 2. The van der Waals surface area contributed by atoms with Crippen molar-refractivity contribution in [3.8, 4) is 6.07 Å². The molecule has 0 unspecified atom stereocenters. The second-order valence-electron chi connectivity index (χ2n) is 6.17. The molecule has 3 aromatic rings. The highest BCUT2D eigenvalue weighted by atomic mass is 16.1. The lowest BCUT2D eigenvalue weighted by molar-refractivity contribution is -0.121. The Hall–Kier alpha value is -2.95. The minimum absolute atomic E-state index is 0.0762. The molecule has 1 aliphatic rings. The molecule has 0 atom stereocenters. The maximum Gasteiger partial charge on any atom is 0.234 e. The van der Waals surface area contributed by atoms with Gasteiger partial charge in [0.1, 0.15) is 12.2 Å². The van der Waals surface area contributed by atoms with Crippen LogP contribution >= 0.6 is 0 Å². The average molecular weight is 323 g/mol. The second-order valence-corrected chi connectivity index (χ2v) is 6.17. The van der Waals surface area contributed by atoms with Crippen LogP contribution in [-0.4, -0.2) is 36.5 Å². The van der Waals surface area contributed by atoms with Crippen LogP contribution in [0.15, 0.2) is 18.5 Å². The van der Waals surface area contributed by atoms with Gasteiger partial charge in [-0.2, -0.15) is 5.26 Å². The van der Waals surface area contributed by atoms with Gasteiger partial charge in [0, 0.05) is 18.2 Å². The maximum atomic E-state index is 11.5. The Morgan fingerprint density at radius 3 is 3.00 bits per heavy atom. The van der Waals surface area contributed by atoms with Crippen molar-refractivity contribution >= 4 is 22.7 Å². The number of amides is 1. The van der Waals surface area contributed by atoms with E-state index in [9.17, 15) is 4.79 Å². The van der Waals surface area contributed by atoms with Gasteiger partial charge < -0.3 is 10.3 Å². The fourth-order valence-electron chi connectivity index (χ4n) is 3.51. The van der Waals surface area contributed by atoms with E-state index >= 15 is 0 Å². The molecule has 2 N–H and O–H groups in total. The first-order valence-electron chi connectivity index (χ1n) is 8.09. The zero-order valence-corrected chi connectivity index (χ0v) is 13.1. The summed E-state index contributed by atoms with van der Waals surface area (Å²) >= 11 is 0. The van der Waals surface area contributed by atoms with E-state index in [-0.39, 0.29) is 18.4 Å². The maximum absolute atomic E-state index is 11.5. The van der Waals surface area contributed by atoms with Crippen molar-refractivity contribution in [3.05, 3.63) is 24.3 Å². The topological polar surface area (TPSA) is 112 Å². The van der Waals surface area contributed by atoms with E-state index in [0.717, 1.165) is 48.3 Å². The third-order valence-electron chi connectivity index (χ3n) is 4.66. The van der Waals surface area contributed by atoms with Gasteiger partial charge in [-0.05, 0) is 31.7 Å². The van der Waals surface area contributed by atoms with Crippen LogP contribution in [0.3, 0.4) is 0 Å². The highest BCUT2D eigenvalue weighted by Gasteiger charge is 2.27. The van der Waals surface area contributed by atoms with Crippen molar-refractivity contribution in [2.24, 2.45) is 0 Å². The standard InChI is InChI=1S/C16H17N7O/c17-7-5-14(24)20-11-3-1-10(2-4-11)16-22-21-13-9-19-15-12(23(13)16)6-8-18-15/h6,8-11,18H,1-5H2,(H,20,24). The molecule has 1 amide bonds. The van der Waals surface area contributed by atoms with E-state index in [1.165, 1.54) is 0 Å². The lowest BCUT2D eigenvalue weighted by atomic mass is 9.85. The van der Waals surface area contributed by atoms with Gasteiger partial charge in [-0.1, -0.05) is 0 Å². The van der Waals surface area contributed by atoms with E-state index in [1.54, 1.807) is 6.20 Å². The molecule has 122 valence electrons. The third kappa shape index (κ3) is 2.48. The highest BCUT2D eigenvalue weighted by molar-refractivity contribution is 5.78. The number of carbonyl (C=O) groups excluding carboxylic acids is 1. The molecule has 1 aliphatic carbocycles. The number of hydrogen-bond donors (Lipinski definition) is 2. The van der Waals surface area contributed by atoms with Gasteiger partial charge >= 0.3 is 0 Å². The molecule has 8 nitrogen and oxygen atoms in total. The molecule has 0 radical (unpaired) electrons. The Kier molecular flexibility index (Phi) is 3.61. The largest absolute Gasteiger partial charge is 0.352 e. The van der Waals surface area contributed by atoms with Crippen LogP contribution < -0.4 is 5.32 Å². The molecule has 8 heteroatoms. The Labute approximate surface area is 137 Å². The number of H-pyrrole nitrogens is 1. The van der Waals surface area contributed by atoms with E-state index in [4.69, 9.17) is 5.26 Å². The van der Waals surface area contributed by atoms with Gasteiger partial charge in [-0.25, -0.2) is 4.98 Å². The minimum atomic E-state index is -0.186. The van der Waals surface area contributed by atoms with Gasteiger partial charge in [0.15, 0.2) is 11.3 Å². The number of aromatic nitrogens is 5. The monoisotopic (exact) mass is 323 g/mol. The van der Waals surface area contributed by atoms with Crippen molar-refractivity contribution in [3.63, 3.8) is 0 Å². The van der Waals surface area contributed by atoms with E-state index < -0.39 is 0 Å². The molecule has 4 rings (SSSR count). The second kappa shape index (κ2) is 5.92. The first kappa shape index (κ1) is 14.6. The Bertz CT molecular complexity index is 927.